The van der Waals surface area contributed by atoms with Gasteiger partial charge in [-0.3, -0.25) is 4.79 Å². The number of nitrogens with zero attached hydrogens (tertiary/aromatic N) is 2. The van der Waals surface area contributed by atoms with Crippen molar-refractivity contribution in [1.82, 2.24) is 15.5 Å². The van der Waals surface area contributed by atoms with Crippen LogP contribution in [0.1, 0.15) is 55.4 Å². The van der Waals surface area contributed by atoms with Crippen LogP contribution in [-0.4, -0.2) is 27.0 Å². The standard InChI is InChI=1S/C14H22BrN3O/c1-5-12-11(9-10(3)17-18-12)13(19)16-14(4,6-2)7-8-15/h9H,5-8H2,1-4H3,(H,16,19). The second-order valence-corrected chi connectivity index (χ2v) is 5.80. The SMILES string of the molecule is CCc1nnc(C)cc1C(=O)NC(C)(CC)CCBr. The number of carbonyl (C=O) groups excluding carboxylic acids is 1. The predicted octanol–water partition coefficient (Wildman–Crippen LogP) is 3.03. The van der Waals surface area contributed by atoms with Crippen molar-refractivity contribution in [2.75, 3.05) is 5.33 Å². The lowest BCUT2D eigenvalue weighted by atomic mass is 9.95. The molecule has 0 aliphatic heterocycles. The van der Waals surface area contributed by atoms with Crippen LogP contribution >= 0.6 is 15.9 Å². The summed E-state index contributed by atoms with van der Waals surface area (Å²) in [5.74, 6) is -0.0554. The maximum absolute atomic E-state index is 12.4. The summed E-state index contributed by atoms with van der Waals surface area (Å²) in [5, 5.41) is 12.1. The van der Waals surface area contributed by atoms with Crippen molar-refractivity contribution in [3.63, 3.8) is 0 Å². The van der Waals surface area contributed by atoms with E-state index < -0.39 is 0 Å². The highest BCUT2D eigenvalue weighted by Crippen LogP contribution is 2.17. The molecule has 1 aromatic heterocycles. The first kappa shape index (κ1) is 16.1. The Kier molecular flexibility index (Phi) is 5.91. The van der Waals surface area contributed by atoms with Gasteiger partial charge < -0.3 is 5.32 Å². The minimum Gasteiger partial charge on any atom is -0.347 e. The lowest BCUT2D eigenvalue weighted by Gasteiger charge is -2.29. The molecule has 0 saturated heterocycles. The monoisotopic (exact) mass is 327 g/mol. The van der Waals surface area contributed by atoms with Gasteiger partial charge in [0, 0.05) is 10.9 Å². The normalized spacial score (nSPS) is 13.9. The quantitative estimate of drug-likeness (QED) is 0.817. The summed E-state index contributed by atoms with van der Waals surface area (Å²) in [6.07, 6.45) is 2.49. The number of nitrogens with one attached hydrogen (secondary N) is 1. The lowest BCUT2D eigenvalue weighted by Crippen LogP contribution is -2.46. The van der Waals surface area contributed by atoms with E-state index in [2.05, 4.69) is 45.3 Å². The maximum Gasteiger partial charge on any atom is 0.253 e. The molecule has 4 nitrogen and oxygen atoms in total. The highest BCUT2D eigenvalue weighted by molar-refractivity contribution is 9.09. The Morgan fingerprint density at radius 2 is 2.11 bits per heavy atom. The summed E-state index contributed by atoms with van der Waals surface area (Å²) in [6.45, 7) is 7.98. The van der Waals surface area contributed by atoms with Gasteiger partial charge >= 0.3 is 0 Å². The Labute approximate surface area is 123 Å². The van der Waals surface area contributed by atoms with E-state index in [-0.39, 0.29) is 11.4 Å². The van der Waals surface area contributed by atoms with Gasteiger partial charge in [0.2, 0.25) is 0 Å². The molecule has 1 heterocycles. The van der Waals surface area contributed by atoms with Crippen LogP contribution in [0.4, 0.5) is 0 Å². The molecule has 5 heteroatoms. The smallest absolute Gasteiger partial charge is 0.253 e. The largest absolute Gasteiger partial charge is 0.347 e. The molecular formula is C14H22BrN3O. The van der Waals surface area contributed by atoms with Crippen LogP contribution in [0.15, 0.2) is 6.07 Å². The predicted molar refractivity (Wildman–Crippen MR) is 80.7 cm³/mol. The summed E-state index contributed by atoms with van der Waals surface area (Å²) >= 11 is 3.44. The Morgan fingerprint density at radius 1 is 1.42 bits per heavy atom. The van der Waals surface area contributed by atoms with Gasteiger partial charge in [0.05, 0.1) is 17.0 Å². The Bertz CT molecular complexity index is 450. The van der Waals surface area contributed by atoms with Crippen molar-refractivity contribution in [1.29, 1.82) is 0 Å². The third-order valence-corrected chi connectivity index (χ3v) is 3.81. The summed E-state index contributed by atoms with van der Waals surface area (Å²) in [4.78, 5) is 12.4. The van der Waals surface area contributed by atoms with Gasteiger partial charge in [0.25, 0.3) is 5.91 Å². The van der Waals surface area contributed by atoms with E-state index in [1.807, 2.05) is 19.9 Å². The first-order valence-electron chi connectivity index (χ1n) is 6.67. The molecule has 106 valence electrons. The molecule has 0 aliphatic rings. The average Bonchev–Trinajstić information content (AvgIpc) is 2.38. The zero-order valence-electron chi connectivity index (χ0n) is 12.1. The number of hydrogen-bond acceptors (Lipinski definition) is 3. The third-order valence-electron chi connectivity index (χ3n) is 3.41. The molecule has 1 N–H and O–H groups in total. The van der Waals surface area contributed by atoms with Crippen molar-refractivity contribution in [3.8, 4) is 0 Å². The van der Waals surface area contributed by atoms with Crippen LogP contribution in [0.2, 0.25) is 0 Å². The average molecular weight is 328 g/mol. The number of carbonyl (C=O) groups is 1. The first-order valence-corrected chi connectivity index (χ1v) is 7.79. The molecule has 0 fully saturated rings. The van der Waals surface area contributed by atoms with Crippen LogP contribution < -0.4 is 5.32 Å². The van der Waals surface area contributed by atoms with Crippen molar-refractivity contribution in [2.24, 2.45) is 0 Å². The molecule has 1 rings (SSSR count). The highest BCUT2D eigenvalue weighted by Gasteiger charge is 2.25. The number of halogens is 1. The van der Waals surface area contributed by atoms with E-state index in [0.29, 0.717) is 12.0 Å². The zero-order chi connectivity index (χ0) is 14.5. The molecule has 0 saturated carbocycles. The minimum absolute atomic E-state index is 0.0554. The van der Waals surface area contributed by atoms with E-state index >= 15 is 0 Å². The van der Waals surface area contributed by atoms with Crippen LogP contribution in [0.25, 0.3) is 0 Å². The Hall–Kier alpha value is -0.970. The highest BCUT2D eigenvalue weighted by atomic mass is 79.9. The summed E-state index contributed by atoms with van der Waals surface area (Å²) in [5.41, 5.74) is 1.97. The van der Waals surface area contributed by atoms with E-state index in [1.165, 1.54) is 0 Å². The lowest BCUT2D eigenvalue weighted by molar-refractivity contribution is 0.0900. The number of rotatable bonds is 6. The van der Waals surface area contributed by atoms with Crippen molar-refractivity contribution < 1.29 is 4.79 Å². The molecule has 0 bridgehead atoms. The van der Waals surface area contributed by atoms with Gasteiger partial charge in [0.15, 0.2) is 0 Å². The second-order valence-electron chi connectivity index (χ2n) is 5.01. The molecule has 0 radical (unpaired) electrons. The third kappa shape index (κ3) is 4.27. The topological polar surface area (TPSA) is 54.9 Å². The van der Waals surface area contributed by atoms with E-state index in [4.69, 9.17) is 0 Å². The number of aryl methyl sites for hydroxylation is 2. The Morgan fingerprint density at radius 3 is 2.63 bits per heavy atom. The fourth-order valence-corrected chi connectivity index (χ4v) is 2.72. The van der Waals surface area contributed by atoms with Crippen LogP contribution in [0.5, 0.6) is 0 Å². The number of aromatic nitrogens is 2. The van der Waals surface area contributed by atoms with E-state index in [9.17, 15) is 4.79 Å². The zero-order valence-corrected chi connectivity index (χ0v) is 13.7. The molecule has 1 aromatic rings. The van der Waals surface area contributed by atoms with E-state index in [1.54, 1.807) is 0 Å². The van der Waals surface area contributed by atoms with Gasteiger partial charge in [0.1, 0.15) is 0 Å². The first-order chi connectivity index (χ1) is 8.95. The fraction of sp³-hybridized carbons (Fsp3) is 0.643. The van der Waals surface area contributed by atoms with Crippen molar-refractivity contribution in [3.05, 3.63) is 23.0 Å². The van der Waals surface area contributed by atoms with Crippen LogP contribution in [0, 0.1) is 6.92 Å². The number of amides is 1. The van der Waals surface area contributed by atoms with Gasteiger partial charge in [-0.2, -0.15) is 10.2 Å². The van der Waals surface area contributed by atoms with Gasteiger partial charge in [-0.1, -0.05) is 29.8 Å². The van der Waals surface area contributed by atoms with Crippen molar-refractivity contribution >= 4 is 21.8 Å². The molecule has 0 spiro atoms. The van der Waals surface area contributed by atoms with Gasteiger partial charge in [-0.25, -0.2) is 0 Å². The molecule has 1 atom stereocenters. The Balaban J connectivity index is 2.97. The maximum atomic E-state index is 12.4. The van der Waals surface area contributed by atoms with Gasteiger partial charge in [-0.05, 0) is 39.2 Å². The number of alkyl halides is 1. The molecule has 19 heavy (non-hydrogen) atoms. The minimum atomic E-state index is -0.192. The fourth-order valence-electron chi connectivity index (χ4n) is 1.85. The van der Waals surface area contributed by atoms with Crippen LogP contribution in [0.3, 0.4) is 0 Å². The summed E-state index contributed by atoms with van der Waals surface area (Å²) < 4.78 is 0. The molecule has 1 amide bonds. The molecule has 0 aliphatic carbocycles. The molecule has 1 unspecified atom stereocenters. The second kappa shape index (κ2) is 6.98. The molecular weight excluding hydrogens is 306 g/mol. The van der Waals surface area contributed by atoms with Crippen LogP contribution in [-0.2, 0) is 6.42 Å². The summed E-state index contributed by atoms with van der Waals surface area (Å²) in [7, 11) is 0. The molecule has 0 aromatic carbocycles. The number of hydrogen-bond donors (Lipinski definition) is 1. The van der Waals surface area contributed by atoms with E-state index in [0.717, 1.165) is 29.6 Å². The summed E-state index contributed by atoms with van der Waals surface area (Å²) in [6, 6.07) is 1.81. The van der Waals surface area contributed by atoms with Crippen molar-refractivity contribution in [2.45, 2.75) is 52.5 Å². The van der Waals surface area contributed by atoms with Gasteiger partial charge in [-0.15, -0.1) is 0 Å².